The van der Waals surface area contributed by atoms with Gasteiger partial charge in [-0.3, -0.25) is 4.99 Å². The van der Waals surface area contributed by atoms with Crippen LogP contribution in [0.1, 0.15) is 0 Å². The normalized spacial score (nSPS) is 28.6. The van der Waals surface area contributed by atoms with Crippen molar-refractivity contribution in [3.63, 3.8) is 0 Å². The van der Waals surface area contributed by atoms with Crippen LogP contribution in [0.3, 0.4) is 0 Å². The van der Waals surface area contributed by atoms with Crippen molar-refractivity contribution in [3.05, 3.63) is 24.1 Å². The van der Waals surface area contributed by atoms with Crippen molar-refractivity contribution in [2.24, 2.45) is 4.99 Å². The molecule has 0 fully saturated rings. The Labute approximate surface area is 59.0 Å². The molecule has 0 aromatic carbocycles. The first-order valence-electron chi connectivity index (χ1n) is 3.22. The van der Waals surface area contributed by atoms with Crippen molar-refractivity contribution >= 4 is 6.21 Å². The highest BCUT2D eigenvalue weighted by atomic mass is 16.3. The first kappa shape index (κ1) is 5.53. The zero-order valence-corrected chi connectivity index (χ0v) is 5.44. The van der Waals surface area contributed by atoms with E-state index in [-0.39, 0.29) is 6.17 Å². The molecule has 0 radical (unpaired) electrons. The van der Waals surface area contributed by atoms with Gasteiger partial charge < -0.3 is 10.0 Å². The van der Waals surface area contributed by atoms with Crippen LogP contribution in [-0.4, -0.2) is 28.9 Å². The van der Waals surface area contributed by atoms with E-state index in [0.29, 0.717) is 5.76 Å². The van der Waals surface area contributed by atoms with Gasteiger partial charge in [-0.2, -0.15) is 0 Å². The lowest BCUT2D eigenvalue weighted by atomic mass is 10.3. The number of nitrogens with zero attached hydrogens (tertiary/aromatic N) is 2. The van der Waals surface area contributed by atoms with Crippen LogP contribution in [0.25, 0.3) is 0 Å². The highest BCUT2D eigenvalue weighted by Crippen LogP contribution is 2.17. The summed E-state index contributed by atoms with van der Waals surface area (Å²) in [7, 11) is 0. The third-order valence-electron chi connectivity index (χ3n) is 1.66. The van der Waals surface area contributed by atoms with Crippen LogP contribution in [0.5, 0.6) is 0 Å². The third kappa shape index (κ3) is 0.635. The fourth-order valence-corrected chi connectivity index (χ4v) is 1.15. The summed E-state index contributed by atoms with van der Waals surface area (Å²) in [6.07, 6.45) is 7.09. The molecular formula is C7H8N2O. The molecule has 2 aliphatic heterocycles. The van der Waals surface area contributed by atoms with E-state index in [0.717, 1.165) is 6.54 Å². The summed E-state index contributed by atoms with van der Waals surface area (Å²) in [5.74, 6) is 0.330. The Bertz CT molecular complexity index is 230. The number of aliphatic hydroxyl groups is 1. The summed E-state index contributed by atoms with van der Waals surface area (Å²) in [5.41, 5.74) is 0. The number of rotatable bonds is 0. The highest BCUT2D eigenvalue weighted by molar-refractivity contribution is 5.63. The maximum absolute atomic E-state index is 9.23. The Morgan fingerprint density at radius 3 is 3.40 bits per heavy atom. The number of allylic oxidation sites excluding steroid dienone is 2. The highest BCUT2D eigenvalue weighted by Gasteiger charge is 2.22. The van der Waals surface area contributed by atoms with Crippen molar-refractivity contribution in [1.82, 2.24) is 4.90 Å². The van der Waals surface area contributed by atoms with Gasteiger partial charge in [0, 0.05) is 12.4 Å². The molecule has 0 amide bonds. The molecule has 0 aromatic rings. The van der Waals surface area contributed by atoms with Gasteiger partial charge in [-0.05, 0) is 12.2 Å². The summed E-state index contributed by atoms with van der Waals surface area (Å²) in [6, 6.07) is 0. The summed E-state index contributed by atoms with van der Waals surface area (Å²) >= 11 is 0. The molecule has 0 aliphatic carbocycles. The smallest absolute Gasteiger partial charge is 0.178 e. The molecule has 3 heteroatoms. The Morgan fingerprint density at radius 1 is 1.70 bits per heavy atom. The maximum Gasteiger partial charge on any atom is 0.178 e. The Kier molecular flexibility index (Phi) is 1.03. The van der Waals surface area contributed by atoms with Gasteiger partial charge >= 0.3 is 0 Å². The molecule has 2 aliphatic rings. The number of hydrogen-bond acceptors (Lipinski definition) is 3. The lowest BCUT2D eigenvalue weighted by molar-refractivity contribution is 0.267. The van der Waals surface area contributed by atoms with E-state index in [4.69, 9.17) is 0 Å². The van der Waals surface area contributed by atoms with Gasteiger partial charge in [0.1, 0.15) is 5.76 Å². The van der Waals surface area contributed by atoms with E-state index >= 15 is 0 Å². The SMILES string of the molecule is OC1=CC=CN2CC=NC12. The first-order chi connectivity index (χ1) is 4.88. The second-order valence-corrected chi connectivity index (χ2v) is 2.34. The van der Waals surface area contributed by atoms with E-state index in [1.54, 1.807) is 6.08 Å². The predicted octanol–water partition coefficient (Wildman–Crippen LogP) is 0.668. The molecule has 1 atom stereocenters. The Morgan fingerprint density at radius 2 is 2.60 bits per heavy atom. The minimum atomic E-state index is -0.134. The molecular weight excluding hydrogens is 128 g/mol. The molecule has 3 nitrogen and oxygen atoms in total. The van der Waals surface area contributed by atoms with Gasteiger partial charge in [-0.1, -0.05) is 0 Å². The number of aliphatic hydroxyl groups excluding tert-OH is 1. The molecule has 1 unspecified atom stereocenters. The van der Waals surface area contributed by atoms with Crippen molar-refractivity contribution in [2.45, 2.75) is 6.17 Å². The van der Waals surface area contributed by atoms with Crippen LogP contribution >= 0.6 is 0 Å². The number of fused-ring (bicyclic) bond motifs is 1. The van der Waals surface area contributed by atoms with Gasteiger partial charge in [-0.15, -0.1) is 0 Å². The number of hydrogen-bond donors (Lipinski definition) is 1. The molecule has 0 spiro atoms. The largest absolute Gasteiger partial charge is 0.508 e. The summed E-state index contributed by atoms with van der Waals surface area (Å²) < 4.78 is 0. The fraction of sp³-hybridized carbons (Fsp3) is 0.286. The molecule has 0 bridgehead atoms. The molecule has 52 valence electrons. The van der Waals surface area contributed by atoms with E-state index in [9.17, 15) is 5.11 Å². The number of aliphatic imine (C=N–C) groups is 1. The van der Waals surface area contributed by atoms with Crippen molar-refractivity contribution in [3.8, 4) is 0 Å². The second kappa shape index (κ2) is 1.87. The quantitative estimate of drug-likeness (QED) is 0.531. The summed E-state index contributed by atoms with van der Waals surface area (Å²) in [4.78, 5) is 6.04. The lowest BCUT2D eigenvalue weighted by Gasteiger charge is -2.22. The van der Waals surface area contributed by atoms with Gasteiger partial charge in [0.05, 0.1) is 6.54 Å². The van der Waals surface area contributed by atoms with Crippen LogP contribution in [0.15, 0.2) is 29.1 Å². The first-order valence-corrected chi connectivity index (χ1v) is 3.22. The van der Waals surface area contributed by atoms with Crippen LogP contribution in [-0.2, 0) is 0 Å². The van der Waals surface area contributed by atoms with Gasteiger partial charge in [-0.25, -0.2) is 0 Å². The zero-order valence-electron chi connectivity index (χ0n) is 5.44. The molecule has 0 saturated heterocycles. The van der Waals surface area contributed by atoms with Crippen LogP contribution in [0.4, 0.5) is 0 Å². The van der Waals surface area contributed by atoms with Gasteiger partial charge in [0.25, 0.3) is 0 Å². The molecule has 0 saturated carbocycles. The van der Waals surface area contributed by atoms with Crippen LogP contribution in [0.2, 0.25) is 0 Å². The van der Waals surface area contributed by atoms with Crippen molar-refractivity contribution < 1.29 is 5.11 Å². The Hall–Kier alpha value is -1.25. The monoisotopic (exact) mass is 136 g/mol. The van der Waals surface area contributed by atoms with Crippen LogP contribution in [0, 0.1) is 0 Å². The minimum Gasteiger partial charge on any atom is -0.508 e. The van der Waals surface area contributed by atoms with Gasteiger partial charge in [0.2, 0.25) is 0 Å². The molecule has 10 heavy (non-hydrogen) atoms. The molecule has 2 rings (SSSR count). The maximum atomic E-state index is 9.23. The zero-order chi connectivity index (χ0) is 6.97. The van der Waals surface area contributed by atoms with Crippen molar-refractivity contribution in [2.75, 3.05) is 6.54 Å². The third-order valence-corrected chi connectivity index (χ3v) is 1.66. The standard InChI is InChI=1S/C7H8N2O/c10-6-2-1-4-9-5-3-8-7(6)9/h1-4,7,10H,5H2. The van der Waals surface area contributed by atoms with E-state index in [1.807, 2.05) is 23.4 Å². The van der Waals surface area contributed by atoms with E-state index in [2.05, 4.69) is 4.99 Å². The lowest BCUT2D eigenvalue weighted by Crippen LogP contribution is -2.28. The second-order valence-electron chi connectivity index (χ2n) is 2.34. The van der Waals surface area contributed by atoms with E-state index in [1.165, 1.54) is 0 Å². The molecule has 2 heterocycles. The van der Waals surface area contributed by atoms with Crippen molar-refractivity contribution in [1.29, 1.82) is 0 Å². The van der Waals surface area contributed by atoms with Crippen LogP contribution < -0.4 is 0 Å². The summed E-state index contributed by atoms with van der Waals surface area (Å²) in [6.45, 7) is 0.805. The molecule has 1 N–H and O–H groups in total. The average Bonchev–Trinajstić information content (AvgIpc) is 2.36. The molecule has 0 aromatic heterocycles. The van der Waals surface area contributed by atoms with Gasteiger partial charge in [0.15, 0.2) is 6.17 Å². The average molecular weight is 136 g/mol. The topological polar surface area (TPSA) is 35.8 Å². The predicted molar refractivity (Wildman–Crippen MR) is 38.8 cm³/mol. The summed E-state index contributed by atoms with van der Waals surface area (Å²) in [5, 5.41) is 9.23. The Balaban J connectivity index is 2.30. The fourth-order valence-electron chi connectivity index (χ4n) is 1.15. The van der Waals surface area contributed by atoms with E-state index < -0.39 is 0 Å². The minimum absolute atomic E-state index is 0.134.